The molecule has 8 heteroatoms. The van der Waals surface area contributed by atoms with Crippen LogP contribution in [0.2, 0.25) is 0 Å². The van der Waals surface area contributed by atoms with Gasteiger partial charge in [0.2, 0.25) is 0 Å². The third-order valence-corrected chi connectivity index (χ3v) is 5.73. The minimum Gasteiger partial charge on any atom is -0.328 e. The summed E-state index contributed by atoms with van der Waals surface area (Å²) >= 11 is 1.60. The fourth-order valence-corrected chi connectivity index (χ4v) is 4.66. The Morgan fingerprint density at radius 3 is 3.08 bits per heavy atom. The largest absolute Gasteiger partial charge is 0.328 e. The minimum absolute atomic E-state index is 0.0884. The molecule has 4 rings (SSSR count). The average Bonchev–Trinajstić information content (AvgIpc) is 3.09. The van der Waals surface area contributed by atoms with Gasteiger partial charge < -0.3 is 5.32 Å². The number of amides is 2. The molecule has 0 radical (unpaired) electrons. The molecule has 2 aromatic heterocycles. The SMILES string of the molecule is Cc1nc2n(n1)CCC[C@H]2NC(=O)Nc1nc2c(s1)C[C@@H](C)CC2. The second-order valence-corrected chi connectivity index (χ2v) is 7.85. The zero-order chi connectivity index (χ0) is 16.7. The van der Waals surface area contributed by atoms with Gasteiger partial charge in [-0.1, -0.05) is 6.92 Å². The normalized spacial score (nSPS) is 22.6. The highest BCUT2D eigenvalue weighted by atomic mass is 32.1. The van der Waals surface area contributed by atoms with Crippen LogP contribution < -0.4 is 10.6 Å². The van der Waals surface area contributed by atoms with E-state index in [1.165, 1.54) is 11.3 Å². The summed E-state index contributed by atoms with van der Waals surface area (Å²) in [5, 5.41) is 11.0. The Kier molecular flexibility index (Phi) is 3.99. The summed E-state index contributed by atoms with van der Waals surface area (Å²) in [5.74, 6) is 2.30. The van der Waals surface area contributed by atoms with Crippen molar-refractivity contribution >= 4 is 22.5 Å². The molecule has 0 fully saturated rings. The lowest BCUT2D eigenvalue weighted by atomic mass is 9.93. The second-order valence-electron chi connectivity index (χ2n) is 6.77. The number of nitrogens with one attached hydrogen (secondary N) is 2. The molecule has 3 heterocycles. The summed E-state index contributed by atoms with van der Waals surface area (Å²) in [6.07, 6.45) is 5.14. The fraction of sp³-hybridized carbons (Fsp3) is 0.625. The number of nitrogens with zero attached hydrogens (tertiary/aromatic N) is 4. The topological polar surface area (TPSA) is 84.7 Å². The molecule has 0 saturated heterocycles. The predicted molar refractivity (Wildman–Crippen MR) is 92.2 cm³/mol. The van der Waals surface area contributed by atoms with Crippen LogP contribution in [0.4, 0.5) is 9.93 Å². The Morgan fingerprint density at radius 2 is 2.21 bits per heavy atom. The molecule has 0 saturated carbocycles. The van der Waals surface area contributed by atoms with Crippen molar-refractivity contribution in [2.24, 2.45) is 5.92 Å². The van der Waals surface area contributed by atoms with Crippen LogP contribution >= 0.6 is 11.3 Å². The highest BCUT2D eigenvalue weighted by Gasteiger charge is 2.26. The van der Waals surface area contributed by atoms with E-state index < -0.39 is 0 Å². The molecule has 1 aliphatic carbocycles. The van der Waals surface area contributed by atoms with Gasteiger partial charge in [-0.3, -0.25) is 5.32 Å². The zero-order valence-electron chi connectivity index (χ0n) is 14.0. The third-order valence-electron chi connectivity index (χ3n) is 4.69. The average molecular weight is 346 g/mol. The molecular formula is C16H22N6OS. The van der Waals surface area contributed by atoms with E-state index in [0.717, 1.165) is 49.6 Å². The molecule has 1 aliphatic heterocycles. The standard InChI is InChI=1S/C16H22N6OS/c1-9-5-6-11-13(8-9)24-16(19-11)20-15(23)18-12-4-3-7-22-14(12)17-10(2)21-22/h9,12H,3-8H2,1-2H3,(H2,18,19,20,23)/t9-,12+/m0/s1. The van der Waals surface area contributed by atoms with Crippen molar-refractivity contribution in [2.45, 2.75) is 58.5 Å². The number of hydrogen-bond donors (Lipinski definition) is 2. The third kappa shape index (κ3) is 3.02. The molecule has 2 aromatic rings. The molecular weight excluding hydrogens is 324 g/mol. The fourth-order valence-electron chi connectivity index (χ4n) is 3.49. The van der Waals surface area contributed by atoms with Crippen molar-refractivity contribution in [3.63, 3.8) is 0 Å². The molecule has 2 amide bonds. The summed E-state index contributed by atoms with van der Waals surface area (Å²) < 4.78 is 1.90. The Bertz CT molecular complexity index is 767. The van der Waals surface area contributed by atoms with Crippen molar-refractivity contribution < 1.29 is 4.79 Å². The smallest absolute Gasteiger partial charge is 0.321 e. The number of fused-ring (bicyclic) bond motifs is 2. The van der Waals surface area contributed by atoms with Gasteiger partial charge in [-0.05, 0) is 44.9 Å². The maximum absolute atomic E-state index is 12.4. The van der Waals surface area contributed by atoms with Crippen LogP contribution in [0.15, 0.2) is 0 Å². The van der Waals surface area contributed by atoms with Gasteiger partial charge in [0.15, 0.2) is 5.13 Å². The quantitative estimate of drug-likeness (QED) is 0.876. The van der Waals surface area contributed by atoms with Crippen LogP contribution in [0.5, 0.6) is 0 Å². The van der Waals surface area contributed by atoms with Gasteiger partial charge in [-0.15, -0.1) is 11.3 Å². The zero-order valence-corrected chi connectivity index (χ0v) is 14.8. The Hall–Kier alpha value is -1.96. The molecule has 0 unspecified atom stereocenters. The van der Waals surface area contributed by atoms with Gasteiger partial charge in [0.05, 0.1) is 11.7 Å². The predicted octanol–water partition coefficient (Wildman–Crippen LogP) is 2.82. The minimum atomic E-state index is -0.215. The van der Waals surface area contributed by atoms with Crippen molar-refractivity contribution in [3.8, 4) is 0 Å². The van der Waals surface area contributed by atoms with E-state index in [9.17, 15) is 4.79 Å². The van der Waals surface area contributed by atoms with Crippen molar-refractivity contribution in [1.82, 2.24) is 25.1 Å². The first-order chi connectivity index (χ1) is 11.6. The molecule has 0 spiro atoms. The monoisotopic (exact) mass is 346 g/mol. The first kappa shape index (κ1) is 15.6. The van der Waals surface area contributed by atoms with E-state index in [-0.39, 0.29) is 12.1 Å². The lowest BCUT2D eigenvalue weighted by Crippen LogP contribution is -2.36. The van der Waals surface area contributed by atoms with Gasteiger partial charge in [-0.2, -0.15) is 5.10 Å². The van der Waals surface area contributed by atoms with Crippen molar-refractivity contribution in [1.29, 1.82) is 0 Å². The molecule has 0 aromatic carbocycles. The molecule has 7 nitrogen and oxygen atoms in total. The van der Waals surface area contributed by atoms with Gasteiger partial charge in [0.1, 0.15) is 11.6 Å². The highest BCUT2D eigenvalue weighted by Crippen LogP contribution is 2.32. The van der Waals surface area contributed by atoms with Crippen LogP contribution in [0, 0.1) is 12.8 Å². The number of anilines is 1. The lowest BCUT2D eigenvalue weighted by Gasteiger charge is -2.22. The van der Waals surface area contributed by atoms with E-state index in [2.05, 4.69) is 32.6 Å². The summed E-state index contributed by atoms with van der Waals surface area (Å²) in [4.78, 5) is 22.7. The summed E-state index contributed by atoms with van der Waals surface area (Å²) in [6, 6.07) is -0.303. The Morgan fingerprint density at radius 1 is 1.33 bits per heavy atom. The van der Waals surface area contributed by atoms with Gasteiger partial charge >= 0.3 is 6.03 Å². The van der Waals surface area contributed by atoms with Crippen LogP contribution in [0.1, 0.15) is 54.4 Å². The summed E-state index contributed by atoms with van der Waals surface area (Å²) in [7, 11) is 0. The number of aryl methyl sites for hydroxylation is 3. The number of thiazole rings is 1. The van der Waals surface area contributed by atoms with E-state index in [1.807, 2.05) is 11.6 Å². The number of hydrogen-bond acceptors (Lipinski definition) is 5. The number of rotatable bonds is 2. The highest BCUT2D eigenvalue weighted by molar-refractivity contribution is 7.15. The van der Waals surface area contributed by atoms with Crippen LogP contribution in [-0.4, -0.2) is 25.8 Å². The van der Waals surface area contributed by atoms with Crippen LogP contribution in [0.3, 0.4) is 0 Å². The van der Waals surface area contributed by atoms with Crippen molar-refractivity contribution in [2.75, 3.05) is 5.32 Å². The number of urea groups is 1. The number of carbonyl (C=O) groups excluding carboxylic acids is 1. The van der Waals surface area contributed by atoms with Crippen LogP contribution in [0.25, 0.3) is 0 Å². The molecule has 2 atom stereocenters. The Labute approximate surface area is 144 Å². The summed E-state index contributed by atoms with van der Waals surface area (Å²) in [6.45, 7) is 5.01. The van der Waals surface area contributed by atoms with Crippen molar-refractivity contribution in [3.05, 3.63) is 22.2 Å². The first-order valence-corrected chi connectivity index (χ1v) is 9.37. The number of aromatic nitrogens is 4. The van der Waals surface area contributed by atoms with E-state index in [4.69, 9.17) is 0 Å². The lowest BCUT2D eigenvalue weighted by molar-refractivity contribution is 0.244. The first-order valence-electron chi connectivity index (χ1n) is 8.56. The van der Waals surface area contributed by atoms with Gasteiger partial charge in [0, 0.05) is 11.4 Å². The molecule has 24 heavy (non-hydrogen) atoms. The maximum Gasteiger partial charge on any atom is 0.321 e. The maximum atomic E-state index is 12.4. The molecule has 2 N–H and O–H groups in total. The molecule has 128 valence electrons. The van der Waals surface area contributed by atoms with E-state index in [0.29, 0.717) is 11.0 Å². The van der Waals surface area contributed by atoms with Gasteiger partial charge in [-0.25, -0.2) is 19.4 Å². The van der Waals surface area contributed by atoms with Crippen LogP contribution in [-0.2, 0) is 19.4 Å². The molecule has 2 aliphatic rings. The van der Waals surface area contributed by atoms with Gasteiger partial charge in [0.25, 0.3) is 0 Å². The van der Waals surface area contributed by atoms with E-state index >= 15 is 0 Å². The molecule has 0 bridgehead atoms. The summed E-state index contributed by atoms with van der Waals surface area (Å²) in [5.41, 5.74) is 1.15. The Balaban J connectivity index is 1.43. The van der Waals surface area contributed by atoms with E-state index in [1.54, 1.807) is 11.3 Å². The second kappa shape index (κ2) is 6.16. The number of carbonyl (C=O) groups is 1.